The number of ether oxygens (including phenoxy) is 2. The molecular weight excluding hydrogens is 370 g/mol. The first-order valence-electron chi connectivity index (χ1n) is 8.10. The Labute approximate surface area is 149 Å². The minimum absolute atomic E-state index is 0.0421. The van der Waals surface area contributed by atoms with E-state index in [0.717, 1.165) is 39.9 Å². The van der Waals surface area contributed by atoms with Gasteiger partial charge in [0.1, 0.15) is 13.2 Å². The summed E-state index contributed by atoms with van der Waals surface area (Å²) in [5.41, 5.74) is 1.84. The summed E-state index contributed by atoms with van der Waals surface area (Å²) in [6.07, 6.45) is 2.29. The average molecular weight is 388 g/mol. The lowest BCUT2D eigenvalue weighted by Gasteiger charge is -2.22. The Bertz CT molecular complexity index is 786. The number of carbonyl (C=O) groups is 1. The van der Waals surface area contributed by atoms with E-state index in [9.17, 15) is 4.79 Å². The van der Waals surface area contributed by atoms with Gasteiger partial charge in [0.15, 0.2) is 11.5 Å². The highest BCUT2D eigenvalue weighted by atomic mass is 79.9. The van der Waals surface area contributed by atoms with Gasteiger partial charge in [-0.25, -0.2) is 0 Å². The minimum Gasteiger partial charge on any atom is -0.486 e. The van der Waals surface area contributed by atoms with Crippen molar-refractivity contribution in [2.75, 3.05) is 13.2 Å². The first-order chi connectivity index (χ1) is 11.6. The number of rotatable bonds is 4. The molecule has 4 nitrogen and oxygen atoms in total. The molecule has 24 heavy (non-hydrogen) atoms. The van der Waals surface area contributed by atoms with Crippen LogP contribution < -0.4 is 14.8 Å². The lowest BCUT2D eigenvalue weighted by Crippen LogP contribution is -2.36. The van der Waals surface area contributed by atoms with E-state index in [1.165, 1.54) is 0 Å². The highest BCUT2D eigenvalue weighted by Gasteiger charge is 2.46. The van der Waals surface area contributed by atoms with Gasteiger partial charge in [0.05, 0.1) is 12.0 Å². The molecule has 0 spiro atoms. The SMILES string of the molecule is O=C(Cc1cccc(Br)c1)NC1(c2ccc3c(c2)OCCO3)CC1. The fourth-order valence-corrected chi connectivity index (χ4v) is 3.54. The molecule has 124 valence electrons. The smallest absolute Gasteiger partial charge is 0.225 e. The molecule has 1 aliphatic carbocycles. The van der Waals surface area contributed by atoms with Gasteiger partial charge >= 0.3 is 0 Å². The van der Waals surface area contributed by atoms with Gasteiger partial charge in [0.2, 0.25) is 5.91 Å². The highest BCUT2D eigenvalue weighted by Crippen LogP contribution is 2.47. The summed E-state index contributed by atoms with van der Waals surface area (Å²) in [7, 11) is 0. The fraction of sp³-hybridized carbons (Fsp3) is 0.316. The third kappa shape index (κ3) is 3.13. The van der Waals surface area contributed by atoms with Gasteiger partial charge in [-0.3, -0.25) is 4.79 Å². The third-order valence-electron chi connectivity index (χ3n) is 4.48. The van der Waals surface area contributed by atoms with Gasteiger partial charge in [-0.2, -0.15) is 0 Å². The first kappa shape index (κ1) is 15.5. The lowest BCUT2D eigenvalue weighted by atomic mass is 10.0. The van der Waals surface area contributed by atoms with Gasteiger partial charge in [-0.05, 0) is 48.2 Å². The van der Waals surface area contributed by atoms with Crippen LogP contribution in [-0.4, -0.2) is 19.1 Å². The predicted octanol–water partition coefficient (Wildman–Crippen LogP) is 3.57. The molecule has 0 unspecified atom stereocenters. The van der Waals surface area contributed by atoms with Crippen LogP contribution in [-0.2, 0) is 16.8 Å². The van der Waals surface area contributed by atoms with E-state index in [1.807, 2.05) is 42.5 Å². The topological polar surface area (TPSA) is 47.6 Å². The molecule has 1 N–H and O–H groups in total. The van der Waals surface area contributed by atoms with Gasteiger partial charge in [0.25, 0.3) is 0 Å². The number of halogens is 1. The zero-order valence-corrected chi connectivity index (χ0v) is 14.8. The second kappa shape index (κ2) is 6.13. The standard InChI is InChI=1S/C19H18BrNO3/c20-15-3-1-2-13(10-15)11-18(22)21-19(6-7-19)14-4-5-16-17(12-14)24-9-8-23-16/h1-5,10,12H,6-9,11H2,(H,21,22). The summed E-state index contributed by atoms with van der Waals surface area (Å²) in [4.78, 5) is 12.5. The molecule has 0 bridgehead atoms. The second-order valence-corrected chi connectivity index (χ2v) is 7.21. The Morgan fingerprint density at radius 1 is 1.08 bits per heavy atom. The number of nitrogens with one attached hydrogen (secondary N) is 1. The van der Waals surface area contributed by atoms with Gasteiger partial charge in [0, 0.05) is 4.47 Å². The Morgan fingerprint density at radius 3 is 2.62 bits per heavy atom. The Kier molecular flexibility index (Phi) is 3.96. The van der Waals surface area contributed by atoms with E-state index in [-0.39, 0.29) is 11.4 Å². The molecule has 0 saturated heterocycles. The zero-order valence-electron chi connectivity index (χ0n) is 13.2. The molecule has 5 heteroatoms. The lowest BCUT2D eigenvalue weighted by molar-refractivity contribution is -0.121. The van der Waals surface area contributed by atoms with E-state index in [2.05, 4.69) is 21.2 Å². The highest BCUT2D eigenvalue weighted by molar-refractivity contribution is 9.10. The number of fused-ring (bicyclic) bond motifs is 1. The van der Waals surface area contributed by atoms with Crippen molar-refractivity contribution in [3.8, 4) is 11.5 Å². The van der Waals surface area contributed by atoms with Crippen LogP contribution >= 0.6 is 15.9 Å². The summed E-state index contributed by atoms with van der Waals surface area (Å²) in [6, 6.07) is 13.8. The van der Waals surface area contributed by atoms with Gasteiger partial charge in [-0.1, -0.05) is 34.1 Å². The fourth-order valence-electron chi connectivity index (χ4n) is 3.10. The molecule has 1 amide bonds. The monoisotopic (exact) mass is 387 g/mol. The Hall–Kier alpha value is -2.01. The van der Waals surface area contributed by atoms with Crippen LogP contribution in [0.4, 0.5) is 0 Å². The maximum Gasteiger partial charge on any atom is 0.225 e. The van der Waals surface area contributed by atoms with E-state index in [4.69, 9.17) is 9.47 Å². The normalized spacial score (nSPS) is 17.2. The Morgan fingerprint density at radius 2 is 1.88 bits per heavy atom. The van der Waals surface area contributed by atoms with Gasteiger partial charge in [-0.15, -0.1) is 0 Å². The number of amides is 1. The molecule has 1 aliphatic heterocycles. The van der Waals surface area contributed by atoms with Gasteiger partial charge < -0.3 is 14.8 Å². The Balaban J connectivity index is 1.48. The van der Waals surface area contributed by atoms with Crippen molar-refractivity contribution in [1.29, 1.82) is 0 Å². The molecule has 0 aromatic heterocycles. The molecule has 1 saturated carbocycles. The number of hydrogen-bond acceptors (Lipinski definition) is 3. The van der Waals surface area contributed by atoms with E-state index in [1.54, 1.807) is 0 Å². The molecule has 2 aliphatic rings. The van der Waals surface area contributed by atoms with Crippen LogP contribution in [0.3, 0.4) is 0 Å². The molecule has 2 aromatic carbocycles. The van der Waals surface area contributed by atoms with Crippen LogP contribution in [0.25, 0.3) is 0 Å². The van der Waals surface area contributed by atoms with Crippen molar-refractivity contribution < 1.29 is 14.3 Å². The average Bonchev–Trinajstić information content (AvgIpc) is 3.35. The summed E-state index contributed by atoms with van der Waals surface area (Å²) >= 11 is 3.44. The summed E-state index contributed by atoms with van der Waals surface area (Å²) in [5, 5.41) is 3.21. The van der Waals surface area contributed by atoms with Crippen LogP contribution in [0, 0.1) is 0 Å². The van der Waals surface area contributed by atoms with Crippen molar-refractivity contribution in [3.05, 3.63) is 58.1 Å². The summed E-state index contributed by atoms with van der Waals surface area (Å²) in [5.74, 6) is 1.59. The maximum absolute atomic E-state index is 12.5. The van der Waals surface area contributed by atoms with Crippen LogP contribution in [0.1, 0.15) is 24.0 Å². The molecule has 0 atom stereocenters. The van der Waals surface area contributed by atoms with Crippen LogP contribution in [0.5, 0.6) is 11.5 Å². The predicted molar refractivity (Wildman–Crippen MR) is 94.3 cm³/mol. The zero-order chi connectivity index (χ0) is 16.6. The molecule has 0 radical (unpaired) electrons. The molecule has 1 fully saturated rings. The van der Waals surface area contributed by atoms with Crippen LogP contribution in [0.2, 0.25) is 0 Å². The summed E-state index contributed by atoms with van der Waals surface area (Å²) < 4.78 is 12.2. The minimum atomic E-state index is -0.251. The number of hydrogen-bond donors (Lipinski definition) is 1. The van der Waals surface area contributed by atoms with Crippen molar-refractivity contribution >= 4 is 21.8 Å². The van der Waals surface area contributed by atoms with Crippen molar-refractivity contribution in [1.82, 2.24) is 5.32 Å². The second-order valence-electron chi connectivity index (χ2n) is 6.30. The van der Waals surface area contributed by atoms with Crippen molar-refractivity contribution in [2.45, 2.75) is 24.8 Å². The number of carbonyl (C=O) groups excluding carboxylic acids is 1. The molecule has 4 rings (SSSR count). The van der Waals surface area contributed by atoms with E-state index >= 15 is 0 Å². The van der Waals surface area contributed by atoms with Crippen LogP contribution in [0.15, 0.2) is 46.9 Å². The molecule has 1 heterocycles. The largest absolute Gasteiger partial charge is 0.486 e. The first-order valence-corrected chi connectivity index (χ1v) is 8.90. The van der Waals surface area contributed by atoms with Crippen molar-refractivity contribution in [3.63, 3.8) is 0 Å². The van der Waals surface area contributed by atoms with E-state index < -0.39 is 0 Å². The summed E-state index contributed by atoms with van der Waals surface area (Å²) in [6.45, 7) is 1.15. The molecular formula is C19H18BrNO3. The maximum atomic E-state index is 12.5. The van der Waals surface area contributed by atoms with E-state index in [0.29, 0.717) is 19.6 Å². The molecule has 2 aromatic rings. The quantitative estimate of drug-likeness (QED) is 0.871. The van der Waals surface area contributed by atoms with Crippen molar-refractivity contribution in [2.24, 2.45) is 0 Å². The third-order valence-corrected chi connectivity index (χ3v) is 4.97. The number of benzene rings is 2.